The van der Waals surface area contributed by atoms with E-state index in [-0.39, 0.29) is 4.08 Å². The van der Waals surface area contributed by atoms with Crippen molar-refractivity contribution in [2.75, 3.05) is 51.8 Å². The van der Waals surface area contributed by atoms with Crippen molar-refractivity contribution in [3.63, 3.8) is 0 Å². The molecule has 9 heteroatoms. The fraction of sp³-hybridized carbons (Fsp3) is 1.00. The zero-order valence-electron chi connectivity index (χ0n) is 11.3. The van der Waals surface area contributed by atoms with Crippen molar-refractivity contribution in [2.24, 2.45) is 0 Å². The smallest absolute Gasteiger partial charge is 0.0878 e. The minimum atomic E-state index is -0.0989. The maximum Gasteiger partial charge on any atom is 0.0878 e. The summed E-state index contributed by atoms with van der Waals surface area (Å²) in [6.07, 6.45) is 0. The first-order valence-corrected chi connectivity index (χ1v) is 13.5. The number of thioether (sulfide) groups is 4. The lowest BCUT2D eigenvalue weighted by Crippen LogP contribution is -2.32. The second kappa shape index (κ2) is 15.7. The van der Waals surface area contributed by atoms with E-state index in [1.165, 1.54) is 5.75 Å². The second-order valence-electron chi connectivity index (χ2n) is 3.71. The van der Waals surface area contributed by atoms with Gasteiger partial charge in [0, 0.05) is 34.5 Å². The lowest BCUT2D eigenvalue weighted by atomic mass is 10.5. The molecule has 0 N–H and O–H groups in total. The van der Waals surface area contributed by atoms with Crippen LogP contribution < -0.4 is 0 Å². The molecule has 0 aliphatic heterocycles. The van der Waals surface area contributed by atoms with Crippen LogP contribution in [0.5, 0.6) is 0 Å². The summed E-state index contributed by atoms with van der Waals surface area (Å²) in [4.78, 5) is 0. The molecule has 0 aliphatic rings. The molecule has 0 saturated carbocycles. The number of thiol groups is 5. The maximum atomic E-state index is 4.93. The van der Waals surface area contributed by atoms with Crippen molar-refractivity contribution in [2.45, 2.75) is 8.66 Å². The lowest BCUT2D eigenvalue weighted by Gasteiger charge is -2.34. The third-order valence-corrected chi connectivity index (χ3v) is 11.8. The van der Waals surface area contributed by atoms with E-state index in [0.29, 0.717) is 4.58 Å². The molecule has 2 atom stereocenters. The molecule has 0 aromatic rings. The van der Waals surface area contributed by atoms with Gasteiger partial charge in [-0.1, -0.05) is 0 Å². The van der Waals surface area contributed by atoms with Gasteiger partial charge in [-0.2, -0.15) is 74.9 Å². The predicted octanol–water partition coefficient (Wildman–Crippen LogP) is 4.59. The van der Waals surface area contributed by atoms with Gasteiger partial charge in [0.2, 0.25) is 0 Å². The third-order valence-electron chi connectivity index (χ3n) is 2.13. The Bertz CT molecular complexity index is 216. The second-order valence-corrected chi connectivity index (χ2v) is 11.8. The summed E-state index contributed by atoms with van der Waals surface area (Å²) >= 11 is 30.1. The van der Waals surface area contributed by atoms with Crippen LogP contribution in [0.2, 0.25) is 0 Å². The van der Waals surface area contributed by atoms with E-state index in [1.54, 1.807) is 0 Å². The first kappa shape index (κ1) is 23.1. The summed E-state index contributed by atoms with van der Waals surface area (Å²) in [5.41, 5.74) is 0. The molecule has 0 saturated heterocycles. The van der Waals surface area contributed by atoms with Crippen LogP contribution in [0.25, 0.3) is 0 Å². The number of rotatable bonds is 14. The molecule has 20 heavy (non-hydrogen) atoms. The Kier molecular flexibility index (Phi) is 18.1. The normalized spacial score (nSPS) is 16.1. The SMILES string of the molecule is SCCSCCSC(SCCS)C(S)(CS)SCCS. The molecule has 0 fully saturated rings. The Labute approximate surface area is 169 Å². The Morgan fingerprint density at radius 1 is 0.750 bits per heavy atom. The molecule has 0 amide bonds. The van der Waals surface area contributed by atoms with Crippen LogP contribution in [0.15, 0.2) is 0 Å². The van der Waals surface area contributed by atoms with Crippen LogP contribution >= 0.6 is 110 Å². The van der Waals surface area contributed by atoms with Gasteiger partial charge < -0.3 is 0 Å². The zero-order chi connectivity index (χ0) is 15.3. The van der Waals surface area contributed by atoms with E-state index in [1.807, 2.05) is 47.0 Å². The largest absolute Gasteiger partial charge is 0.179 e. The highest BCUT2D eigenvalue weighted by molar-refractivity contribution is 8.22. The van der Waals surface area contributed by atoms with Crippen LogP contribution in [0.3, 0.4) is 0 Å². The van der Waals surface area contributed by atoms with Gasteiger partial charge in [-0.25, -0.2) is 0 Å². The van der Waals surface area contributed by atoms with Crippen LogP contribution in [-0.2, 0) is 0 Å². The van der Waals surface area contributed by atoms with E-state index in [0.717, 1.165) is 46.0 Å². The highest BCUT2D eigenvalue weighted by atomic mass is 32.2. The molecule has 0 aromatic carbocycles. The van der Waals surface area contributed by atoms with Gasteiger partial charge in [-0.15, -0.1) is 35.3 Å². The van der Waals surface area contributed by atoms with E-state index >= 15 is 0 Å². The van der Waals surface area contributed by atoms with Gasteiger partial charge in [0.05, 0.1) is 8.66 Å². The molecule has 0 heterocycles. The van der Waals surface area contributed by atoms with E-state index in [2.05, 4.69) is 50.5 Å². The molecule has 0 radical (unpaired) electrons. The number of hydrogen-bond acceptors (Lipinski definition) is 9. The molecule has 0 aromatic heterocycles. The summed E-state index contributed by atoms with van der Waals surface area (Å²) < 4.78 is 0.343. The third kappa shape index (κ3) is 10.8. The van der Waals surface area contributed by atoms with E-state index in [9.17, 15) is 0 Å². The average molecular weight is 445 g/mol. The molecule has 0 aliphatic carbocycles. The van der Waals surface area contributed by atoms with E-state index < -0.39 is 0 Å². The topological polar surface area (TPSA) is 0 Å². The molecular weight excluding hydrogens is 421 g/mol. The van der Waals surface area contributed by atoms with Crippen molar-refractivity contribution in [3.05, 3.63) is 0 Å². The highest BCUT2D eigenvalue weighted by Crippen LogP contribution is 2.45. The average Bonchev–Trinajstić information content (AvgIpc) is 2.47. The molecular formula is C11H24S9. The van der Waals surface area contributed by atoms with Crippen LogP contribution in [-0.4, -0.2) is 60.4 Å². The van der Waals surface area contributed by atoms with Gasteiger partial charge in [-0.05, 0) is 17.3 Å². The zero-order valence-corrected chi connectivity index (χ0v) is 19.0. The molecule has 0 nitrogen and oxygen atoms in total. The monoisotopic (exact) mass is 444 g/mol. The minimum Gasteiger partial charge on any atom is -0.179 e. The summed E-state index contributed by atoms with van der Waals surface area (Å²) in [6, 6.07) is 0. The van der Waals surface area contributed by atoms with Crippen molar-refractivity contribution < 1.29 is 0 Å². The quantitative estimate of drug-likeness (QED) is 0.151. The molecule has 0 rings (SSSR count). The summed E-state index contributed by atoms with van der Waals surface area (Å²) in [5, 5.41) is 0. The first-order chi connectivity index (χ1) is 9.64. The van der Waals surface area contributed by atoms with Crippen LogP contribution in [0.4, 0.5) is 0 Å². The Morgan fingerprint density at radius 2 is 1.35 bits per heavy atom. The standard InChI is InChI=1S/C11H24S9/c12-1-4-17-7-8-19-10(18-5-2-13)11(16,9-15)20-6-3-14/h10,12-16H,1-9H2. The maximum absolute atomic E-state index is 4.93. The van der Waals surface area contributed by atoms with Crippen molar-refractivity contribution in [1.29, 1.82) is 0 Å². The molecule has 0 spiro atoms. The Morgan fingerprint density at radius 3 is 1.90 bits per heavy atom. The van der Waals surface area contributed by atoms with Gasteiger partial charge in [-0.3, -0.25) is 0 Å². The van der Waals surface area contributed by atoms with Crippen LogP contribution in [0.1, 0.15) is 0 Å². The fourth-order valence-corrected chi connectivity index (χ4v) is 8.52. The van der Waals surface area contributed by atoms with Gasteiger partial charge >= 0.3 is 0 Å². The molecule has 0 bridgehead atoms. The number of hydrogen-bond donors (Lipinski definition) is 5. The molecule has 2 unspecified atom stereocenters. The predicted molar refractivity (Wildman–Crippen MR) is 126 cm³/mol. The Hall–Kier alpha value is 3.15. The minimum absolute atomic E-state index is 0.0989. The van der Waals surface area contributed by atoms with Crippen molar-refractivity contribution >= 4 is 110 Å². The lowest BCUT2D eigenvalue weighted by molar-refractivity contribution is 1.03. The fourth-order valence-electron chi connectivity index (χ4n) is 1.26. The summed E-state index contributed by atoms with van der Waals surface area (Å²) in [6.45, 7) is 0. The van der Waals surface area contributed by atoms with Gasteiger partial charge in [0.1, 0.15) is 0 Å². The molecule has 122 valence electrons. The van der Waals surface area contributed by atoms with Gasteiger partial charge in [0.25, 0.3) is 0 Å². The Balaban J connectivity index is 4.33. The summed E-state index contributed by atoms with van der Waals surface area (Å²) in [7, 11) is 0. The van der Waals surface area contributed by atoms with E-state index in [4.69, 9.17) is 12.6 Å². The van der Waals surface area contributed by atoms with Crippen molar-refractivity contribution in [1.82, 2.24) is 0 Å². The van der Waals surface area contributed by atoms with Crippen LogP contribution in [0, 0.1) is 0 Å². The van der Waals surface area contributed by atoms with Gasteiger partial charge in [0.15, 0.2) is 0 Å². The van der Waals surface area contributed by atoms with Crippen molar-refractivity contribution in [3.8, 4) is 0 Å². The summed E-state index contributed by atoms with van der Waals surface area (Å²) in [5.74, 6) is 9.05. The first-order valence-electron chi connectivity index (χ1n) is 6.25. The highest BCUT2D eigenvalue weighted by Gasteiger charge is 2.35.